The van der Waals surface area contributed by atoms with Gasteiger partial charge >= 0.3 is 5.97 Å². The van der Waals surface area contributed by atoms with Crippen molar-refractivity contribution in [2.24, 2.45) is 0 Å². The van der Waals surface area contributed by atoms with Crippen LogP contribution in [0.5, 0.6) is 5.75 Å². The van der Waals surface area contributed by atoms with Gasteiger partial charge in [-0.3, -0.25) is 9.59 Å². The number of anilines is 2. The Balaban J connectivity index is 2.46. The molecule has 0 bridgehead atoms. The highest BCUT2D eigenvalue weighted by molar-refractivity contribution is 6.09. The molecule has 8 nitrogen and oxygen atoms in total. The second-order valence-electron chi connectivity index (χ2n) is 6.45. The summed E-state index contributed by atoms with van der Waals surface area (Å²) in [4.78, 5) is 36.8. The van der Waals surface area contributed by atoms with E-state index in [0.29, 0.717) is 46.2 Å². The second-order valence-corrected chi connectivity index (χ2v) is 6.45. The molecule has 29 heavy (non-hydrogen) atoms. The summed E-state index contributed by atoms with van der Waals surface area (Å²) in [5.41, 5.74) is 2.93. The molecular weight excluding hydrogens is 374 g/mol. The molecule has 0 atom stereocenters. The summed E-state index contributed by atoms with van der Waals surface area (Å²) in [6.07, 6.45) is 0. The first-order valence-electron chi connectivity index (χ1n) is 9.38. The topological polar surface area (TPSA) is 98.7 Å². The number of amides is 2. The van der Waals surface area contributed by atoms with E-state index in [1.165, 1.54) is 14.0 Å². The number of esters is 1. The highest BCUT2D eigenvalue weighted by atomic mass is 16.5. The Bertz CT molecular complexity index is 946. The lowest BCUT2D eigenvalue weighted by Gasteiger charge is -2.13. The molecule has 8 heteroatoms. The van der Waals surface area contributed by atoms with Crippen molar-refractivity contribution in [3.05, 3.63) is 40.7 Å². The number of hydrogen-bond donors (Lipinski definition) is 2. The zero-order valence-corrected chi connectivity index (χ0v) is 17.6. The largest absolute Gasteiger partial charge is 0.495 e. The highest BCUT2D eigenvalue weighted by Crippen LogP contribution is 2.30. The quantitative estimate of drug-likeness (QED) is 0.692. The van der Waals surface area contributed by atoms with Crippen molar-refractivity contribution in [1.82, 2.24) is 4.57 Å². The van der Waals surface area contributed by atoms with Crippen molar-refractivity contribution in [1.29, 1.82) is 0 Å². The van der Waals surface area contributed by atoms with Crippen LogP contribution < -0.4 is 15.4 Å². The number of carbonyl (C=O) groups is 3. The van der Waals surface area contributed by atoms with E-state index in [1.54, 1.807) is 43.5 Å². The Hall–Kier alpha value is -3.29. The summed E-state index contributed by atoms with van der Waals surface area (Å²) >= 11 is 0. The number of ether oxygens (including phenoxy) is 2. The summed E-state index contributed by atoms with van der Waals surface area (Å²) < 4.78 is 12.2. The van der Waals surface area contributed by atoms with Crippen molar-refractivity contribution in [2.45, 2.75) is 41.2 Å². The van der Waals surface area contributed by atoms with Crippen molar-refractivity contribution in [3.8, 4) is 5.75 Å². The summed E-state index contributed by atoms with van der Waals surface area (Å²) in [5, 5.41) is 5.50. The summed E-state index contributed by atoms with van der Waals surface area (Å²) in [6.45, 7) is 9.33. The van der Waals surface area contributed by atoms with E-state index in [-0.39, 0.29) is 18.4 Å². The van der Waals surface area contributed by atoms with Gasteiger partial charge in [0.25, 0.3) is 5.91 Å². The average Bonchev–Trinajstić information content (AvgIpc) is 2.91. The third-order valence-electron chi connectivity index (χ3n) is 4.55. The molecule has 1 aromatic heterocycles. The minimum atomic E-state index is -0.459. The number of hydrogen-bond acceptors (Lipinski definition) is 5. The van der Waals surface area contributed by atoms with Crippen LogP contribution in [-0.4, -0.2) is 36.1 Å². The van der Waals surface area contributed by atoms with Gasteiger partial charge in [-0.1, -0.05) is 0 Å². The highest BCUT2D eigenvalue weighted by Gasteiger charge is 2.27. The first-order valence-corrected chi connectivity index (χ1v) is 9.38. The molecule has 0 fully saturated rings. The lowest BCUT2D eigenvalue weighted by molar-refractivity contribution is -0.114. The third kappa shape index (κ3) is 4.59. The van der Waals surface area contributed by atoms with Crippen LogP contribution in [0.4, 0.5) is 11.4 Å². The number of methoxy groups -OCH3 is 1. The number of carbonyl (C=O) groups excluding carboxylic acids is 3. The second kappa shape index (κ2) is 9.27. The monoisotopic (exact) mass is 401 g/mol. The number of rotatable bonds is 7. The van der Waals surface area contributed by atoms with E-state index in [2.05, 4.69) is 10.6 Å². The van der Waals surface area contributed by atoms with Gasteiger partial charge in [0, 0.05) is 24.8 Å². The molecule has 2 N–H and O–H groups in total. The minimum Gasteiger partial charge on any atom is -0.495 e. The van der Waals surface area contributed by atoms with Crippen LogP contribution in [0.1, 0.15) is 52.9 Å². The zero-order valence-electron chi connectivity index (χ0n) is 17.6. The normalized spacial score (nSPS) is 10.4. The van der Waals surface area contributed by atoms with Crippen LogP contribution >= 0.6 is 0 Å². The van der Waals surface area contributed by atoms with E-state index in [9.17, 15) is 14.4 Å². The van der Waals surface area contributed by atoms with Gasteiger partial charge in [-0.25, -0.2) is 4.79 Å². The summed E-state index contributed by atoms with van der Waals surface area (Å²) in [7, 11) is 1.49. The molecule has 0 saturated heterocycles. The van der Waals surface area contributed by atoms with Crippen molar-refractivity contribution < 1.29 is 23.9 Å². The number of aromatic nitrogens is 1. The van der Waals surface area contributed by atoms with E-state index in [1.807, 2.05) is 6.92 Å². The molecule has 1 heterocycles. The fraction of sp³-hybridized carbons (Fsp3) is 0.381. The van der Waals surface area contributed by atoms with Crippen molar-refractivity contribution in [2.75, 3.05) is 24.4 Å². The van der Waals surface area contributed by atoms with Gasteiger partial charge in [0.1, 0.15) is 11.4 Å². The van der Waals surface area contributed by atoms with Gasteiger partial charge in [0.2, 0.25) is 5.91 Å². The van der Waals surface area contributed by atoms with Gasteiger partial charge in [-0.15, -0.1) is 0 Å². The van der Waals surface area contributed by atoms with Crippen molar-refractivity contribution in [3.63, 3.8) is 0 Å². The molecule has 2 aromatic rings. The fourth-order valence-corrected chi connectivity index (χ4v) is 3.36. The molecule has 0 aliphatic carbocycles. The molecule has 0 saturated carbocycles. The summed E-state index contributed by atoms with van der Waals surface area (Å²) in [6, 6.07) is 4.95. The Morgan fingerprint density at radius 3 is 2.34 bits per heavy atom. The van der Waals surface area contributed by atoms with Gasteiger partial charge in [-0.2, -0.15) is 0 Å². The standard InChI is InChI=1S/C21H27N3O5/c1-7-24-13(4)18(12(3)19(24)21(27)29-8-2)20(26)23-16-11-15(22-14(5)25)9-10-17(16)28-6/h9-11H,7-8H2,1-6H3,(H,22,25)(H,23,26). The minimum absolute atomic E-state index is 0.224. The van der Waals surface area contributed by atoms with Gasteiger partial charge in [0.05, 0.1) is 25.0 Å². The van der Waals surface area contributed by atoms with Gasteiger partial charge in [0.15, 0.2) is 0 Å². The van der Waals surface area contributed by atoms with E-state index < -0.39 is 5.97 Å². The van der Waals surface area contributed by atoms with Crippen LogP contribution in [0.15, 0.2) is 18.2 Å². The molecule has 2 amide bonds. The predicted molar refractivity (Wildman–Crippen MR) is 111 cm³/mol. The first kappa shape index (κ1) is 22.0. The average molecular weight is 401 g/mol. The van der Waals surface area contributed by atoms with E-state index >= 15 is 0 Å². The molecule has 156 valence electrons. The molecular formula is C21H27N3O5. The zero-order chi connectivity index (χ0) is 21.7. The molecule has 0 unspecified atom stereocenters. The lowest BCUT2D eigenvalue weighted by atomic mass is 10.1. The van der Waals surface area contributed by atoms with Crippen LogP contribution in [-0.2, 0) is 16.1 Å². The smallest absolute Gasteiger partial charge is 0.355 e. The van der Waals surface area contributed by atoms with Crippen molar-refractivity contribution >= 4 is 29.2 Å². The van der Waals surface area contributed by atoms with Crippen LogP contribution in [0, 0.1) is 13.8 Å². The number of nitrogens with zero attached hydrogens (tertiary/aromatic N) is 1. The molecule has 1 aromatic carbocycles. The first-order chi connectivity index (χ1) is 13.7. The molecule has 0 aliphatic heterocycles. The fourth-order valence-electron chi connectivity index (χ4n) is 3.36. The number of nitrogens with one attached hydrogen (secondary N) is 2. The maximum atomic E-state index is 13.1. The SMILES string of the molecule is CCOC(=O)c1c(C)c(C(=O)Nc2cc(NC(C)=O)ccc2OC)c(C)n1CC. The Kier molecular flexibility index (Phi) is 7.03. The molecule has 2 rings (SSSR count). The maximum Gasteiger partial charge on any atom is 0.355 e. The van der Waals surface area contributed by atoms with Crippen LogP contribution in [0.2, 0.25) is 0 Å². The number of benzene rings is 1. The van der Waals surface area contributed by atoms with Crippen LogP contribution in [0.3, 0.4) is 0 Å². The van der Waals surface area contributed by atoms with Gasteiger partial charge in [-0.05, 0) is 51.5 Å². The van der Waals surface area contributed by atoms with Gasteiger partial charge < -0.3 is 24.7 Å². The Labute approximate surface area is 170 Å². The Morgan fingerprint density at radius 2 is 1.79 bits per heavy atom. The molecule has 0 aliphatic rings. The molecule has 0 radical (unpaired) electrons. The predicted octanol–water partition coefficient (Wildman–Crippen LogP) is 3.52. The Morgan fingerprint density at radius 1 is 1.10 bits per heavy atom. The lowest BCUT2D eigenvalue weighted by Crippen LogP contribution is -2.15. The van der Waals surface area contributed by atoms with Crippen LogP contribution in [0.25, 0.3) is 0 Å². The van der Waals surface area contributed by atoms with E-state index in [0.717, 1.165) is 0 Å². The maximum absolute atomic E-state index is 13.1. The third-order valence-corrected chi connectivity index (χ3v) is 4.55. The van der Waals surface area contributed by atoms with E-state index in [4.69, 9.17) is 9.47 Å². The molecule has 0 spiro atoms. The summed E-state index contributed by atoms with van der Waals surface area (Å²) in [5.74, 6) is -0.614.